The van der Waals surface area contributed by atoms with E-state index in [-0.39, 0.29) is 10.8 Å². The molecule has 0 aromatic heterocycles. The zero-order valence-corrected chi connectivity index (χ0v) is 16.2. The van der Waals surface area contributed by atoms with Crippen LogP contribution in [-0.2, 0) is 14.8 Å². The lowest BCUT2D eigenvalue weighted by Crippen LogP contribution is -2.46. The van der Waals surface area contributed by atoms with E-state index in [9.17, 15) is 13.2 Å². The number of hydrogen-bond acceptors (Lipinski definition) is 3. The molecule has 1 heterocycles. The van der Waals surface area contributed by atoms with Gasteiger partial charge in [-0.05, 0) is 64.0 Å². The van der Waals surface area contributed by atoms with E-state index in [0.29, 0.717) is 25.9 Å². The van der Waals surface area contributed by atoms with E-state index in [2.05, 4.69) is 11.4 Å². The maximum atomic E-state index is 12.9. The van der Waals surface area contributed by atoms with Gasteiger partial charge in [-0.15, -0.1) is 0 Å². The predicted molar refractivity (Wildman–Crippen MR) is 102 cm³/mol. The van der Waals surface area contributed by atoms with Crippen LogP contribution in [0.3, 0.4) is 0 Å². The molecule has 1 amide bonds. The van der Waals surface area contributed by atoms with Crippen molar-refractivity contribution in [3.8, 4) is 0 Å². The van der Waals surface area contributed by atoms with Gasteiger partial charge in [0.25, 0.3) is 0 Å². The molecule has 1 fully saturated rings. The largest absolute Gasteiger partial charge is 0.354 e. The van der Waals surface area contributed by atoms with Crippen LogP contribution in [0.2, 0.25) is 0 Å². The molecule has 2 aliphatic rings. The van der Waals surface area contributed by atoms with Crippen molar-refractivity contribution in [2.75, 3.05) is 13.1 Å². The molecule has 26 heavy (non-hydrogen) atoms. The number of carbonyl (C=O) groups is 1. The highest BCUT2D eigenvalue weighted by molar-refractivity contribution is 7.89. The van der Waals surface area contributed by atoms with Gasteiger partial charge in [-0.25, -0.2) is 8.42 Å². The van der Waals surface area contributed by atoms with Gasteiger partial charge >= 0.3 is 0 Å². The maximum absolute atomic E-state index is 12.9. The van der Waals surface area contributed by atoms with Crippen LogP contribution in [0.1, 0.15) is 50.5 Å². The number of aryl methyl sites for hydroxylation is 1. The molecule has 5 nitrogen and oxygen atoms in total. The molecule has 3 rings (SSSR count). The lowest BCUT2D eigenvalue weighted by atomic mass is 9.97. The minimum atomic E-state index is -3.63. The summed E-state index contributed by atoms with van der Waals surface area (Å²) in [4.78, 5) is 12.9. The molecule has 0 radical (unpaired) electrons. The first kappa shape index (κ1) is 19.1. The first-order chi connectivity index (χ1) is 12.5. The second-order valence-electron chi connectivity index (χ2n) is 7.24. The van der Waals surface area contributed by atoms with Gasteiger partial charge in [-0.2, -0.15) is 4.31 Å². The number of nitrogens with one attached hydrogen (secondary N) is 1. The number of benzene rings is 1. The lowest BCUT2D eigenvalue weighted by molar-refractivity contribution is -0.124. The standard InChI is InChI=1S/C20H28N2O3S/c1-16-9-11-18(12-10-16)26(24,25)22-15-5-8-19(22)20(23)21-14-13-17-6-3-2-4-7-17/h6,9-12,19H,2-5,7-8,13-15H2,1H3,(H,21,23)/t19-/m0/s1. The molecule has 6 heteroatoms. The monoisotopic (exact) mass is 376 g/mol. The van der Waals surface area contributed by atoms with Gasteiger partial charge in [0.1, 0.15) is 6.04 Å². The van der Waals surface area contributed by atoms with Crippen molar-refractivity contribution >= 4 is 15.9 Å². The van der Waals surface area contributed by atoms with Crippen LogP contribution in [-0.4, -0.2) is 37.8 Å². The fraction of sp³-hybridized carbons (Fsp3) is 0.550. The van der Waals surface area contributed by atoms with E-state index in [0.717, 1.165) is 24.8 Å². The summed E-state index contributed by atoms with van der Waals surface area (Å²) in [5, 5.41) is 2.95. The van der Waals surface area contributed by atoms with Crippen LogP contribution < -0.4 is 5.32 Å². The predicted octanol–water partition coefficient (Wildman–Crippen LogP) is 3.15. The van der Waals surface area contributed by atoms with Gasteiger partial charge < -0.3 is 5.32 Å². The van der Waals surface area contributed by atoms with E-state index in [1.54, 1.807) is 24.3 Å². The number of carbonyl (C=O) groups excluding carboxylic acids is 1. The maximum Gasteiger partial charge on any atom is 0.243 e. The molecule has 1 aliphatic heterocycles. The Morgan fingerprint density at radius 1 is 1.19 bits per heavy atom. The highest BCUT2D eigenvalue weighted by Gasteiger charge is 2.39. The van der Waals surface area contributed by atoms with Gasteiger partial charge in [0.2, 0.25) is 15.9 Å². The highest BCUT2D eigenvalue weighted by atomic mass is 32.2. The van der Waals surface area contributed by atoms with Crippen LogP contribution in [0, 0.1) is 6.92 Å². The lowest BCUT2D eigenvalue weighted by Gasteiger charge is -2.23. The summed E-state index contributed by atoms with van der Waals surface area (Å²) in [6.45, 7) is 2.91. The molecule has 1 atom stereocenters. The molecule has 0 unspecified atom stereocenters. The molecule has 142 valence electrons. The van der Waals surface area contributed by atoms with Gasteiger partial charge in [-0.3, -0.25) is 4.79 Å². The van der Waals surface area contributed by atoms with Crippen molar-refractivity contribution in [1.82, 2.24) is 9.62 Å². The normalized spacial score (nSPS) is 21.4. The van der Waals surface area contributed by atoms with Crippen molar-refractivity contribution in [3.05, 3.63) is 41.5 Å². The molecule has 0 bridgehead atoms. The summed E-state index contributed by atoms with van der Waals surface area (Å²) in [5.41, 5.74) is 2.42. The van der Waals surface area contributed by atoms with Crippen molar-refractivity contribution < 1.29 is 13.2 Å². The van der Waals surface area contributed by atoms with E-state index in [1.165, 1.54) is 22.7 Å². The number of nitrogens with zero attached hydrogens (tertiary/aromatic N) is 1. The summed E-state index contributed by atoms with van der Waals surface area (Å²) in [5.74, 6) is -0.172. The number of sulfonamides is 1. The minimum absolute atomic E-state index is 0.172. The number of amides is 1. The fourth-order valence-corrected chi connectivity index (χ4v) is 5.39. The Kier molecular flexibility index (Phi) is 6.14. The topological polar surface area (TPSA) is 66.5 Å². The molecule has 0 spiro atoms. The Morgan fingerprint density at radius 2 is 1.96 bits per heavy atom. The molecule has 1 aliphatic carbocycles. The van der Waals surface area contributed by atoms with Crippen LogP contribution in [0.5, 0.6) is 0 Å². The smallest absolute Gasteiger partial charge is 0.243 e. The van der Waals surface area contributed by atoms with Crippen molar-refractivity contribution in [2.45, 2.75) is 62.8 Å². The van der Waals surface area contributed by atoms with Gasteiger partial charge in [-0.1, -0.05) is 29.3 Å². The third-order valence-corrected chi connectivity index (χ3v) is 7.19. The van der Waals surface area contributed by atoms with Crippen LogP contribution in [0.4, 0.5) is 0 Å². The van der Waals surface area contributed by atoms with E-state index in [1.807, 2.05) is 6.92 Å². The molecule has 1 aromatic carbocycles. The quantitative estimate of drug-likeness (QED) is 0.776. The van der Waals surface area contributed by atoms with Crippen molar-refractivity contribution in [1.29, 1.82) is 0 Å². The Labute approximate surface area is 156 Å². The zero-order chi connectivity index (χ0) is 18.6. The Morgan fingerprint density at radius 3 is 2.65 bits per heavy atom. The van der Waals surface area contributed by atoms with Crippen molar-refractivity contribution in [2.24, 2.45) is 0 Å². The average Bonchev–Trinajstić information content (AvgIpc) is 3.14. The number of allylic oxidation sites excluding steroid dienone is 1. The van der Waals surface area contributed by atoms with E-state index < -0.39 is 16.1 Å². The van der Waals surface area contributed by atoms with Crippen LogP contribution in [0.15, 0.2) is 40.8 Å². The van der Waals surface area contributed by atoms with Gasteiger partial charge in [0.15, 0.2) is 0 Å². The summed E-state index contributed by atoms with van der Waals surface area (Å²) in [7, 11) is -3.63. The summed E-state index contributed by atoms with van der Waals surface area (Å²) in [6, 6.07) is 6.22. The van der Waals surface area contributed by atoms with Crippen molar-refractivity contribution in [3.63, 3.8) is 0 Å². The summed E-state index contributed by atoms with van der Waals surface area (Å²) < 4.78 is 27.2. The molecule has 1 saturated heterocycles. The van der Waals surface area contributed by atoms with Gasteiger partial charge in [0, 0.05) is 13.1 Å². The van der Waals surface area contributed by atoms with Gasteiger partial charge in [0.05, 0.1) is 4.90 Å². The highest BCUT2D eigenvalue weighted by Crippen LogP contribution is 2.26. The summed E-state index contributed by atoms with van der Waals surface area (Å²) in [6.07, 6.45) is 9.17. The number of hydrogen-bond donors (Lipinski definition) is 1. The molecule has 1 N–H and O–H groups in total. The molecule has 0 saturated carbocycles. The molecular formula is C20H28N2O3S. The van der Waals surface area contributed by atoms with Crippen LogP contribution in [0.25, 0.3) is 0 Å². The second-order valence-corrected chi connectivity index (χ2v) is 9.13. The average molecular weight is 377 g/mol. The third-order valence-electron chi connectivity index (χ3n) is 5.26. The first-order valence-corrected chi connectivity index (χ1v) is 11.0. The number of rotatable bonds is 6. The SMILES string of the molecule is Cc1ccc(S(=O)(=O)N2CCC[C@H]2C(=O)NCCC2=CCCCC2)cc1. The molecular weight excluding hydrogens is 348 g/mol. The first-order valence-electron chi connectivity index (χ1n) is 9.52. The Hall–Kier alpha value is -1.66. The van der Waals surface area contributed by atoms with Crippen LogP contribution >= 0.6 is 0 Å². The summed E-state index contributed by atoms with van der Waals surface area (Å²) >= 11 is 0. The van der Waals surface area contributed by atoms with E-state index >= 15 is 0 Å². The zero-order valence-electron chi connectivity index (χ0n) is 15.4. The fourth-order valence-electron chi connectivity index (χ4n) is 3.73. The Bertz CT molecular complexity index is 769. The third kappa shape index (κ3) is 4.35. The minimum Gasteiger partial charge on any atom is -0.354 e. The van der Waals surface area contributed by atoms with E-state index in [4.69, 9.17) is 0 Å². The Balaban J connectivity index is 1.62. The second kappa shape index (κ2) is 8.35. The molecule has 1 aromatic rings.